The largest absolute Gasteiger partial charge is 0.469 e. The summed E-state index contributed by atoms with van der Waals surface area (Å²) in [6.45, 7) is 0.617. The fourth-order valence-corrected chi connectivity index (χ4v) is 8.08. The van der Waals surface area contributed by atoms with Gasteiger partial charge in [-0.05, 0) is 49.5 Å². The predicted molar refractivity (Wildman–Crippen MR) is 133 cm³/mol. The molecule has 3 atom stereocenters. The number of thioether (sulfide) groups is 1. The standard InChI is InChI=1S/C24H20ClN3O4S2/c1-26-13-17(19-6-4-10-32-19)24(21(30)28(22(33)34-24)12-15-5-3-9-31-15)23(26)16-11-14(25)7-8-18(16)27(2)20(23)29/h3-11,17H,12-13H2,1-2H3/t17?,23-,24+/m1/s1. The summed E-state index contributed by atoms with van der Waals surface area (Å²) in [5, 5.41) is 0.497. The quantitative estimate of drug-likeness (QED) is 0.485. The second-order valence-electron chi connectivity index (χ2n) is 8.76. The van der Waals surface area contributed by atoms with Crippen LogP contribution in [0, 0.1) is 0 Å². The van der Waals surface area contributed by atoms with E-state index in [-0.39, 0.29) is 18.4 Å². The summed E-state index contributed by atoms with van der Waals surface area (Å²) in [4.78, 5) is 33.9. The van der Waals surface area contributed by atoms with Crippen molar-refractivity contribution in [1.82, 2.24) is 9.80 Å². The Balaban J connectivity index is 1.61. The first kappa shape index (κ1) is 21.9. The lowest BCUT2D eigenvalue weighted by Gasteiger charge is -2.41. The number of hydrogen-bond acceptors (Lipinski definition) is 7. The van der Waals surface area contributed by atoms with Gasteiger partial charge in [-0.3, -0.25) is 19.4 Å². The van der Waals surface area contributed by atoms with Crippen molar-refractivity contribution in [2.24, 2.45) is 0 Å². The van der Waals surface area contributed by atoms with Gasteiger partial charge in [0.25, 0.3) is 5.91 Å². The maximum atomic E-state index is 14.5. The van der Waals surface area contributed by atoms with Gasteiger partial charge < -0.3 is 13.7 Å². The first-order valence-electron chi connectivity index (χ1n) is 10.7. The van der Waals surface area contributed by atoms with Crippen LogP contribution in [0.5, 0.6) is 0 Å². The molecule has 0 saturated carbocycles. The number of likely N-dealkylation sites (tertiary alicyclic amines) is 1. The summed E-state index contributed by atoms with van der Waals surface area (Å²) >= 11 is 13.5. The van der Waals surface area contributed by atoms with Crippen LogP contribution in [-0.4, -0.2) is 51.3 Å². The van der Waals surface area contributed by atoms with E-state index in [9.17, 15) is 9.59 Å². The Morgan fingerprint density at radius 2 is 1.88 bits per heavy atom. The molecule has 3 aliphatic rings. The molecule has 1 aromatic carbocycles. The topological polar surface area (TPSA) is 70.1 Å². The molecular formula is C24H20ClN3O4S2. The molecule has 5 heterocycles. The molecule has 2 spiro atoms. The maximum absolute atomic E-state index is 14.5. The van der Waals surface area contributed by atoms with Crippen LogP contribution in [-0.2, 0) is 21.7 Å². The molecule has 2 amide bonds. The third-order valence-corrected chi connectivity index (χ3v) is 9.37. The van der Waals surface area contributed by atoms with Gasteiger partial charge in [-0.2, -0.15) is 0 Å². The van der Waals surface area contributed by atoms with Gasteiger partial charge in [0, 0.05) is 29.9 Å². The summed E-state index contributed by atoms with van der Waals surface area (Å²) in [5.41, 5.74) is 0.112. The summed E-state index contributed by atoms with van der Waals surface area (Å²) in [6, 6.07) is 12.6. The third-order valence-electron chi connectivity index (χ3n) is 7.19. The first-order chi connectivity index (χ1) is 16.3. The van der Waals surface area contributed by atoms with Gasteiger partial charge in [0.15, 0.2) is 5.54 Å². The Hall–Kier alpha value is -2.59. The van der Waals surface area contributed by atoms with Gasteiger partial charge in [0.2, 0.25) is 5.91 Å². The molecule has 0 N–H and O–H groups in total. The van der Waals surface area contributed by atoms with E-state index in [1.807, 2.05) is 24.1 Å². The lowest BCUT2D eigenvalue weighted by atomic mass is 9.73. The highest BCUT2D eigenvalue weighted by molar-refractivity contribution is 8.25. The Morgan fingerprint density at radius 1 is 1.12 bits per heavy atom. The van der Waals surface area contributed by atoms with Gasteiger partial charge >= 0.3 is 0 Å². The van der Waals surface area contributed by atoms with Crippen LogP contribution in [0.4, 0.5) is 5.69 Å². The van der Waals surface area contributed by atoms with Crippen molar-refractivity contribution in [3.8, 4) is 0 Å². The number of thiocarbonyl (C=S) groups is 1. The van der Waals surface area contributed by atoms with Gasteiger partial charge in [-0.15, -0.1) is 0 Å². The zero-order valence-corrected chi connectivity index (χ0v) is 20.7. The molecule has 0 radical (unpaired) electrons. The van der Waals surface area contributed by atoms with E-state index in [4.69, 9.17) is 32.7 Å². The molecule has 0 aliphatic carbocycles. The van der Waals surface area contributed by atoms with Crippen molar-refractivity contribution >= 4 is 57.4 Å². The number of rotatable bonds is 3. The number of furan rings is 2. The molecule has 174 valence electrons. The van der Waals surface area contributed by atoms with Crippen molar-refractivity contribution in [3.05, 3.63) is 77.1 Å². The number of amides is 2. The number of likely N-dealkylation sites (N-methyl/N-ethyl adjacent to an activating group) is 2. The Morgan fingerprint density at radius 3 is 2.59 bits per heavy atom. The number of nitrogens with zero attached hydrogens (tertiary/aromatic N) is 3. The highest BCUT2D eigenvalue weighted by Crippen LogP contribution is 2.66. The van der Waals surface area contributed by atoms with Crippen molar-refractivity contribution in [3.63, 3.8) is 0 Å². The zero-order valence-electron chi connectivity index (χ0n) is 18.4. The van der Waals surface area contributed by atoms with E-state index in [1.165, 1.54) is 11.8 Å². The fourth-order valence-electron chi connectivity index (χ4n) is 5.80. The molecule has 34 heavy (non-hydrogen) atoms. The van der Waals surface area contributed by atoms with E-state index >= 15 is 0 Å². The van der Waals surface area contributed by atoms with Crippen LogP contribution in [0.2, 0.25) is 5.02 Å². The smallest absolute Gasteiger partial charge is 0.254 e. The van der Waals surface area contributed by atoms with Crippen molar-refractivity contribution in [2.45, 2.75) is 22.7 Å². The molecular weight excluding hydrogens is 494 g/mol. The highest BCUT2D eigenvalue weighted by atomic mass is 35.5. The predicted octanol–water partition coefficient (Wildman–Crippen LogP) is 4.23. The molecule has 3 aliphatic heterocycles. The number of anilines is 1. The van der Waals surface area contributed by atoms with Crippen LogP contribution in [0.25, 0.3) is 0 Å². The van der Waals surface area contributed by atoms with Crippen LogP contribution < -0.4 is 4.90 Å². The van der Waals surface area contributed by atoms with Gasteiger partial charge in [0.1, 0.15) is 20.6 Å². The lowest BCUT2D eigenvalue weighted by molar-refractivity contribution is -0.139. The number of carbonyl (C=O) groups is 2. The van der Waals surface area contributed by atoms with Crippen molar-refractivity contribution in [1.29, 1.82) is 0 Å². The molecule has 2 saturated heterocycles. The second kappa shape index (κ2) is 7.45. The molecule has 6 rings (SSSR count). The number of fused-ring (bicyclic) bond motifs is 3. The minimum Gasteiger partial charge on any atom is -0.469 e. The normalized spacial score (nSPS) is 28.8. The molecule has 0 bridgehead atoms. The van der Waals surface area contributed by atoms with E-state index in [2.05, 4.69) is 0 Å². The lowest BCUT2D eigenvalue weighted by Crippen LogP contribution is -2.62. The summed E-state index contributed by atoms with van der Waals surface area (Å²) in [6.07, 6.45) is 3.15. The monoisotopic (exact) mass is 513 g/mol. The fraction of sp³-hybridized carbons (Fsp3) is 0.292. The van der Waals surface area contributed by atoms with Crippen LogP contribution in [0.15, 0.2) is 63.8 Å². The molecule has 3 aromatic rings. The summed E-state index contributed by atoms with van der Waals surface area (Å²) < 4.78 is 10.5. The van der Waals surface area contributed by atoms with Crippen LogP contribution in [0.1, 0.15) is 23.0 Å². The minimum absolute atomic E-state index is 0.190. The van der Waals surface area contributed by atoms with Gasteiger partial charge in [-0.25, -0.2) is 0 Å². The van der Waals surface area contributed by atoms with Crippen LogP contribution in [0.3, 0.4) is 0 Å². The minimum atomic E-state index is -1.32. The third kappa shape index (κ3) is 2.55. The summed E-state index contributed by atoms with van der Waals surface area (Å²) in [7, 11) is 3.60. The number of benzene rings is 1. The molecule has 1 unspecified atom stereocenters. The molecule has 2 aromatic heterocycles. The number of carbonyl (C=O) groups excluding carboxylic acids is 2. The maximum Gasteiger partial charge on any atom is 0.254 e. The summed E-state index contributed by atoms with van der Waals surface area (Å²) in [5.74, 6) is 0.399. The SMILES string of the molecule is CN1C(=O)[C@@]2(c3cc(Cl)ccc31)N(C)CC(c1ccco1)[C@@]21SC(=S)N(Cc2ccco2)C1=O. The number of hydrogen-bond donors (Lipinski definition) is 0. The second-order valence-corrected chi connectivity index (χ2v) is 11.1. The molecule has 7 nitrogen and oxygen atoms in total. The first-order valence-corrected chi connectivity index (χ1v) is 12.3. The Kier molecular flexibility index (Phi) is 4.80. The van der Waals surface area contributed by atoms with Gasteiger partial charge in [-0.1, -0.05) is 35.6 Å². The average molecular weight is 514 g/mol. The van der Waals surface area contributed by atoms with Crippen molar-refractivity contribution < 1.29 is 18.4 Å². The molecule has 10 heteroatoms. The van der Waals surface area contributed by atoms with Crippen LogP contribution >= 0.6 is 35.6 Å². The van der Waals surface area contributed by atoms with E-state index in [0.717, 1.165) is 5.69 Å². The van der Waals surface area contributed by atoms with E-state index < -0.39 is 16.2 Å². The van der Waals surface area contributed by atoms with Gasteiger partial charge in [0.05, 0.1) is 25.0 Å². The highest BCUT2D eigenvalue weighted by Gasteiger charge is 2.79. The number of halogens is 1. The Labute approximate surface area is 210 Å². The zero-order chi connectivity index (χ0) is 23.8. The Bertz CT molecular complexity index is 1330. The van der Waals surface area contributed by atoms with E-state index in [1.54, 1.807) is 59.7 Å². The molecule has 2 fully saturated rings. The van der Waals surface area contributed by atoms with E-state index in [0.29, 0.717) is 33.0 Å². The van der Waals surface area contributed by atoms with Crippen molar-refractivity contribution in [2.75, 3.05) is 25.5 Å². The average Bonchev–Trinajstić information content (AvgIpc) is 3.61.